The molecule has 126 valence electrons. The molecule has 2 heterocycles. The highest BCUT2D eigenvalue weighted by Gasteiger charge is 2.39. The highest BCUT2D eigenvalue weighted by atomic mass is 16.1. The van der Waals surface area contributed by atoms with Crippen molar-refractivity contribution in [1.29, 1.82) is 0 Å². The van der Waals surface area contributed by atoms with E-state index in [9.17, 15) is 4.79 Å². The number of carbonyl (C=O) groups excluding carboxylic acids is 1. The second kappa shape index (κ2) is 5.83. The number of aromatic nitrogens is 1. The van der Waals surface area contributed by atoms with Gasteiger partial charge >= 0.3 is 0 Å². The fraction of sp³-hybridized carbons (Fsp3) is 0.364. The van der Waals surface area contributed by atoms with Crippen molar-refractivity contribution < 1.29 is 4.79 Å². The highest BCUT2D eigenvalue weighted by molar-refractivity contribution is 6.02. The Bertz CT molecular complexity index is 925. The molecule has 1 N–H and O–H groups in total. The molecular weight excluding hydrogens is 308 g/mol. The smallest absolute Gasteiger partial charge is 0.161 e. The Labute approximate surface area is 147 Å². The predicted molar refractivity (Wildman–Crippen MR) is 100 cm³/mol. The third-order valence-electron chi connectivity index (χ3n) is 5.97. The van der Waals surface area contributed by atoms with Crippen LogP contribution in [0.15, 0.2) is 53.9 Å². The molecular formula is C22H22N2O. The lowest BCUT2D eigenvalue weighted by molar-refractivity contribution is -0.116. The second-order valence-electron chi connectivity index (χ2n) is 7.41. The van der Waals surface area contributed by atoms with Gasteiger partial charge in [-0.05, 0) is 61.8 Å². The molecule has 25 heavy (non-hydrogen) atoms. The summed E-state index contributed by atoms with van der Waals surface area (Å²) in [4.78, 5) is 17.4. The molecule has 0 saturated heterocycles. The van der Waals surface area contributed by atoms with Crippen LogP contribution >= 0.6 is 0 Å². The monoisotopic (exact) mass is 330 g/mol. The molecule has 0 bridgehead atoms. The molecule has 2 aliphatic carbocycles. The molecule has 1 aliphatic heterocycles. The van der Waals surface area contributed by atoms with Gasteiger partial charge in [0, 0.05) is 40.9 Å². The van der Waals surface area contributed by atoms with Crippen molar-refractivity contribution in [1.82, 2.24) is 4.98 Å². The predicted octanol–water partition coefficient (Wildman–Crippen LogP) is 5.11. The third-order valence-corrected chi connectivity index (χ3v) is 5.97. The van der Waals surface area contributed by atoms with Gasteiger partial charge in [0.2, 0.25) is 0 Å². The van der Waals surface area contributed by atoms with Gasteiger partial charge in [-0.3, -0.25) is 9.78 Å². The lowest BCUT2D eigenvalue weighted by Crippen LogP contribution is -2.30. The number of pyridine rings is 1. The molecule has 5 rings (SSSR count). The quantitative estimate of drug-likeness (QED) is 0.739. The number of anilines is 1. The van der Waals surface area contributed by atoms with Crippen LogP contribution in [0, 0.1) is 5.92 Å². The zero-order chi connectivity index (χ0) is 16.8. The largest absolute Gasteiger partial charge is 0.358 e. The molecule has 0 radical (unpaired) electrons. The van der Waals surface area contributed by atoms with E-state index in [1.807, 2.05) is 12.3 Å². The molecule has 1 aromatic heterocycles. The fourth-order valence-corrected chi connectivity index (χ4v) is 4.87. The first-order valence-electron chi connectivity index (χ1n) is 9.39. The number of nitrogens with one attached hydrogen (secondary N) is 1. The van der Waals surface area contributed by atoms with Crippen LogP contribution in [0.3, 0.4) is 0 Å². The van der Waals surface area contributed by atoms with Gasteiger partial charge in [-0.2, -0.15) is 0 Å². The minimum Gasteiger partial charge on any atom is -0.358 e. The second-order valence-corrected chi connectivity index (χ2v) is 7.41. The minimum atomic E-state index is 0.205. The van der Waals surface area contributed by atoms with Crippen molar-refractivity contribution >= 4 is 22.4 Å². The van der Waals surface area contributed by atoms with Crippen LogP contribution < -0.4 is 5.32 Å². The Kier molecular flexibility index (Phi) is 3.47. The molecule has 0 saturated carbocycles. The van der Waals surface area contributed by atoms with Crippen LogP contribution in [-0.4, -0.2) is 10.8 Å². The average molecular weight is 330 g/mol. The summed E-state index contributed by atoms with van der Waals surface area (Å²) in [6.45, 7) is 0. The molecule has 0 unspecified atom stereocenters. The van der Waals surface area contributed by atoms with Gasteiger partial charge in [-0.25, -0.2) is 0 Å². The maximum absolute atomic E-state index is 12.9. The first-order valence-corrected chi connectivity index (χ1v) is 9.39. The summed E-state index contributed by atoms with van der Waals surface area (Å²) in [7, 11) is 0. The van der Waals surface area contributed by atoms with E-state index in [4.69, 9.17) is 0 Å². The SMILES string of the molecule is O=C1CCCC2=C1[C@H]([C@H]1CC=CCC1)c1c(ccc3ncccc13)N2. The number of allylic oxidation sites excluding steroid dienone is 4. The van der Waals surface area contributed by atoms with Crippen LogP contribution in [0.25, 0.3) is 10.9 Å². The lowest BCUT2D eigenvalue weighted by atomic mass is 9.69. The van der Waals surface area contributed by atoms with Crippen molar-refractivity contribution in [2.45, 2.75) is 44.4 Å². The minimum absolute atomic E-state index is 0.205. The van der Waals surface area contributed by atoms with Crippen LogP contribution in [0.1, 0.15) is 50.0 Å². The van der Waals surface area contributed by atoms with Crippen molar-refractivity contribution in [2.75, 3.05) is 5.32 Å². The average Bonchev–Trinajstić information content (AvgIpc) is 2.67. The maximum atomic E-state index is 12.9. The first-order chi connectivity index (χ1) is 12.3. The number of Topliss-reactive ketones (excluding diaryl/α,β-unsaturated/α-hetero) is 1. The van der Waals surface area contributed by atoms with Gasteiger partial charge in [0.25, 0.3) is 0 Å². The molecule has 0 spiro atoms. The summed E-state index contributed by atoms with van der Waals surface area (Å²) in [5.41, 5.74) is 5.72. The van der Waals surface area contributed by atoms with Crippen LogP contribution in [0.5, 0.6) is 0 Å². The number of hydrogen-bond donors (Lipinski definition) is 1. The first kappa shape index (κ1) is 14.9. The highest BCUT2D eigenvalue weighted by Crippen LogP contribution is 2.50. The van der Waals surface area contributed by atoms with E-state index in [2.05, 4.69) is 40.7 Å². The Morgan fingerprint density at radius 1 is 1.12 bits per heavy atom. The summed E-state index contributed by atoms with van der Waals surface area (Å²) >= 11 is 0. The molecule has 2 atom stereocenters. The lowest BCUT2D eigenvalue weighted by Gasteiger charge is -2.39. The summed E-state index contributed by atoms with van der Waals surface area (Å²) in [5.74, 6) is 1.06. The number of ketones is 1. The van der Waals surface area contributed by atoms with Crippen molar-refractivity contribution in [2.24, 2.45) is 5.92 Å². The molecule has 0 fully saturated rings. The zero-order valence-corrected chi connectivity index (χ0v) is 14.3. The van der Waals surface area contributed by atoms with Gasteiger partial charge in [-0.15, -0.1) is 0 Å². The standard InChI is InChI=1S/C22H22N2O/c25-19-10-4-9-17-22(19)20(14-6-2-1-3-7-14)21-15-8-5-13-23-16(15)11-12-18(21)24-17/h1-2,5,8,11-14,20,24H,3-4,6-7,9-10H2/t14-,20+/m0/s1. The number of nitrogens with zero attached hydrogens (tertiary/aromatic N) is 1. The number of fused-ring (bicyclic) bond motifs is 3. The van der Waals surface area contributed by atoms with Gasteiger partial charge in [0.1, 0.15) is 0 Å². The summed E-state index contributed by atoms with van der Waals surface area (Å²) < 4.78 is 0. The third kappa shape index (κ3) is 2.33. The van der Waals surface area contributed by atoms with Crippen LogP contribution in [0.2, 0.25) is 0 Å². The van der Waals surface area contributed by atoms with E-state index < -0.39 is 0 Å². The Morgan fingerprint density at radius 3 is 2.96 bits per heavy atom. The number of rotatable bonds is 1. The number of hydrogen-bond acceptors (Lipinski definition) is 3. The summed E-state index contributed by atoms with van der Waals surface area (Å²) in [6.07, 6.45) is 12.4. The van der Waals surface area contributed by atoms with Crippen LogP contribution in [0.4, 0.5) is 5.69 Å². The van der Waals surface area contributed by atoms with Gasteiger partial charge in [0.05, 0.1) is 5.52 Å². The molecule has 3 heteroatoms. The van der Waals surface area contributed by atoms with E-state index in [1.165, 1.54) is 22.3 Å². The fourth-order valence-electron chi connectivity index (χ4n) is 4.87. The van der Waals surface area contributed by atoms with Gasteiger partial charge in [-0.1, -0.05) is 18.2 Å². The normalized spacial score (nSPS) is 25.5. The number of carbonyl (C=O) groups is 1. The van der Waals surface area contributed by atoms with Gasteiger partial charge in [0.15, 0.2) is 5.78 Å². The van der Waals surface area contributed by atoms with Crippen molar-refractivity contribution in [3.63, 3.8) is 0 Å². The van der Waals surface area contributed by atoms with E-state index in [1.54, 1.807) is 0 Å². The van der Waals surface area contributed by atoms with E-state index >= 15 is 0 Å². The summed E-state index contributed by atoms with van der Waals surface area (Å²) in [5, 5.41) is 4.80. The molecule has 0 amide bonds. The van der Waals surface area contributed by atoms with Gasteiger partial charge < -0.3 is 5.32 Å². The molecule has 2 aromatic rings. The van der Waals surface area contributed by atoms with Crippen molar-refractivity contribution in [3.8, 4) is 0 Å². The molecule has 1 aromatic carbocycles. The maximum Gasteiger partial charge on any atom is 0.161 e. The zero-order valence-electron chi connectivity index (χ0n) is 14.3. The van der Waals surface area contributed by atoms with E-state index in [-0.39, 0.29) is 5.92 Å². The molecule has 3 aliphatic rings. The Hall–Kier alpha value is -2.42. The van der Waals surface area contributed by atoms with E-state index in [0.29, 0.717) is 18.1 Å². The topological polar surface area (TPSA) is 42.0 Å². The molecule has 3 nitrogen and oxygen atoms in total. The van der Waals surface area contributed by atoms with E-state index in [0.717, 1.165) is 43.2 Å². The Balaban J connectivity index is 1.76. The summed E-state index contributed by atoms with van der Waals surface area (Å²) in [6, 6.07) is 8.41. The Morgan fingerprint density at radius 2 is 2.08 bits per heavy atom. The number of benzene rings is 1. The van der Waals surface area contributed by atoms with Crippen molar-refractivity contribution in [3.05, 3.63) is 59.4 Å². The van der Waals surface area contributed by atoms with Crippen LogP contribution in [-0.2, 0) is 4.79 Å².